The summed E-state index contributed by atoms with van der Waals surface area (Å²) in [5, 5.41) is 4.54. The van der Waals surface area contributed by atoms with Gasteiger partial charge in [-0.2, -0.15) is 0 Å². The molecule has 0 heterocycles. The first-order valence-corrected chi connectivity index (χ1v) is 9.88. The first-order chi connectivity index (χ1) is 11.3. The number of esters is 1. The van der Waals surface area contributed by atoms with Crippen molar-refractivity contribution >= 4 is 27.6 Å². The number of halogens is 1. The van der Waals surface area contributed by atoms with Crippen LogP contribution in [0.15, 0.2) is 24.3 Å². The molecule has 0 saturated heterocycles. The Labute approximate surface area is 149 Å². The maximum Gasteiger partial charge on any atom is 0.337 e. The number of carbonyl (C=O) groups is 1. The third kappa shape index (κ3) is 9.65. The molecule has 23 heavy (non-hydrogen) atoms. The number of anilines is 1. The maximum atomic E-state index is 11.3. The highest BCUT2D eigenvalue weighted by Crippen LogP contribution is 2.12. The molecule has 1 aromatic carbocycles. The van der Waals surface area contributed by atoms with Crippen molar-refractivity contribution in [2.45, 2.75) is 57.8 Å². The average molecular weight is 384 g/mol. The molecule has 1 N–H and O–H groups in total. The number of methoxy groups -OCH3 is 1. The summed E-state index contributed by atoms with van der Waals surface area (Å²) in [5.74, 6) is -0.288. The van der Waals surface area contributed by atoms with Crippen LogP contribution in [0.4, 0.5) is 5.69 Å². The summed E-state index contributed by atoms with van der Waals surface area (Å²) in [6, 6.07) is 7.45. The highest BCUT2D eigenvalue weighted by atomic mass is 79.9. The Morgan fingerprint density at radius 3 is 1.96 bits per heavy atom. The zero-order valence-corrected chi connectivity index (χ0v) is 15.9. The Balaban J connectivity index is 1.97. The SMILES string of the molecule is COC(=O)c1ccc(NCCCCCCCCCCCBr)cc1. The van der Waals surface area contributed by atoms with E-state index in [1.54, 1.807) is 12.1 Å². The van der Waals surface area contributed by atoms with Crippen LogP contribution in [0.3, 0.4) is 0 Å². The van der Waals surface area contributed by atoms with Gasteiger partial charge in [0.25, 0.3) is 0 Å². The number of nitrogens with one attached hydrogen (secondary N) is 1. The van der Waals surface area contributed by atoms with E-state index in [0.29, 0.717) is 5.56 Å². The summed E-state index contributed by atoms with van der Waals surface area (Å²) in [4.78, 5) is 11.3. The molecule has 3 nitrogen and oxygen atoms in total. The molecule has 0 radical (unpaired) electrons. The molecular weight excluding hydrogens is 354 g/mol. The number of ether oxygens (including phenoxy) is 1. The van der Waals surface area contributed by atoms with Gasteiger partial charge in [0.15, 0.2) is 0 Å². The number of benzene rings is 1. The molecule has 0 bridgehead atoms. The molecule has 0 amide bonds. The van der Waals surface area contributed by atoms with Crippen molar-refractivity contribution in [3.8, 4) is 0 Å². The zero-order chi connectivity index (χ0) is 16.8. The highest BCUT2D eigenvalue weighted by Gasteiger charge is 2.03. The molecule has 0 atom stereocenters. The zero-order valence-electron chi connectivity index (χ0n) is 14.3. The Bertz CT molecular complexity index is 420. The summed E-state index contributed by atoms with van der Waals surface area (Å²) in [7, 11) is 1.40. The lowest BCUT2D eigenvalue weighted by atomic mass is 10.1. The van der Waals surface area contributed by atoms with E-state index in [-0.39, 0.29) is 5.97 Å². The number of unbranched alkanes of at least 4 members (excludes halogenated alkanes) is 8. The second-order valence-electron chi connectivity index (χ2n) is 5.87. The van der Waals surface area contributed by atoms with E-state index in [1.807, 2.05) is 12.1 Å². The van der Waals surface area contributed by atoms with Gasteiger partial charge in [0, 0.05) is 17.6 Å². The van der Waals surface area contributed by atoms with Crippen molar-refractivity contribution in [1.29, 1.82) is 0 Å². The predicted molar refractivity (Wildman–Crippen MR) is 102 cm³/mol. The Kier molecular flexibility index (Phi) is 11.7. The minimum Gasteiger partial charge on any atom is -0.465 e. The molecule has 0 fully saturated rings. The van der Waals surface area contributed by atoms with Gasteiger partial charge in [-0.05, 0) is 37.1 Å². The Hall–Kier alpha value is -1.03. The second-order valence-corrected chi connectivity index (χ2v) is 6.66. The molecule has 0 aliphatic rings. The van der Waals surface area contributed by atoms with E-state index < -0.39 is 0 Å². The van der Waals surface area contributed by atoms with Gasteiger partial charge in [0.2, 0.25) is 0 Å². The summed E-state index contributed by atoms with van der Waals surface area (Å²) in [6.45, 7) is 0.989. The molecule has 0 spiro atoms. The molecule has 4 heteroatoms. The molecule has 1 aromatic rings. The van der Waals surface area contributed by atoms with E-state index >= 15 is 0 Å². The fourth-order valence-electron chi connectivity index (χ4n) is 2.53. The minimum absolute atomic E-state index is 0.288. The van der Waals surface area contributed by atoms with Crippen molar-refractivity contribution in [3.05, 3.63) is 29.8 Å². The lowest BCUT2D eigenvalue weighted by Crippen LogP contribution is -2.03. The lowest BCUT2D eigenvalue weighted by molar-refractivity contribution is 0.0601. The summed E-state index contributed by atoms with van der Waals surface area (Å²) >= 11 is 3.47. The topological polar surface area (TPSA) is 38.3 Å². The molecule has 0 aliphatic heterocycles. The fourth-order valence-corrected chi connectivity index (χ4v) is 2.93. The number of hydrogen-bond donors (Lipinski definition) is 1. The van der Waals surface area contributed by atoms with Crippen LogP contribution in [0.5, 0.6) is 0 Å². The Morgan fingerprint density at radius 1 is 0.913 bits per heavy atom. The monoisotopic (exact) mass is 383 g/mol. The van der Waals surface area contributed by atoms with Crippen molar-refractivity contribution in [3.63, 3.8) is 0 Å². The molecule has 0 aromatic heterocycles. The molecule has 0 unspecified atom stereocenters. The van der Waals surface area contributed by atoms with Gasteiger partial charge in [-0.25, -0.2) is 4.79 Å². The molecular formula is C19H30BrNO2. The maximum absolute atomic E-state index is 11.3. The number of rotatable bonds is 13. The van der Waals surface area contributed by atoms with Crippen LogP contribution in [0, 0.1) is 0 Å². The summed E-state index contributed by atoms with van der Waals surface area (Å²) < 4.78 is 4.69. The van der Waals surface area contributed by atoms with E-state index in [0.717, 1.165) is 17.6 Å². The van der Waals surface area contributed by atoms with Gasteiger partial charge >= 0.3 is 5.97 Å². The third-order valence-electron chi connectivity index (χ3n) is 3.95. The molecule has 1 rings (SSSR count). The van der Waals surface area contributed by atoms with E-state index in [1.165, 1.54) is 64.9 Å². The van der Waals surface area contributed by atoms with Crippen molar-refractivity contribution in [2.24, 2.45) is 0 Å². The molecule has 130 valence electrons. The van der Waals surface area contributed by atoms with E-state index in [9.17, 15) is 4.79 Å². The van der Waals surface area contributed by atoms with Gasteiger partial charge < -0.3 is 10.1 Å². The lowest BCUT2D eigenvalue weighted by Gasteiger charge is -2.07. The van der Waals surface area contributed by atoms with Gasteiger partial charge in [0.05, 0.1) is 12.7 Å². The number of hydrogen-bond acceptors (Lipinski definition) is 3. The van der Waals surface area contributed by atoms with Crippen LogP contribution in [-0.4, -0.2) is 25.0 Å². The fraction of sp³-hybridized carbons (Fsp3) is 0.632. The van der Waals surface area contributed by atoms with Crippen molar-refractivity contribution < 1.29 is 9.53 Å². The van der Waals surface area contributed by atoms with Crippen LogP contribution in [0.1, 0.15) is 68.1 Å². The van der Waals surface area contributed by atoms with Crippen LogP contribution in [0.2, 0.25) is 0 Å². The van der Waals surface area contributed by atoms with Crippen LogP contribution in [0.25, 0.3) is 0 Å². The first kappa shape index (κ1) is 20.0. The van der Waals surface area contributed by atoms with Crippen molar-refractivity contribution in [1.82, 2.24) is 0 Å². The van der Waals surface area contributed by atoms with Crippen LogP contribution < -0.4 is 5.32 Å². The normalized spacial score (nSPS) is 10.5. The van der Waals surface area contributed by atoms with Gasteiger partial charge in [-0.1, -0.05) is 60.9 Å². The third-order valence-corrected chi connectivity index (χ3v) is 4.51. The largest absolute Gasteiger partial charge is 0.465 e. The summed E-state index contributed by atoms with van der Waals surface area (Å²) in [6.07, 6.45) is 12.0. The van der Waals surface area contributed by atoms with Gasteiger partial charge in [0.1, 0.15) is 0 Å². The predicted octanol–water partition coefficient (Wildman–Crippen LogP) is 5.79. The smallest absolute Gasteiger partial charge is 0.337 e. The van der Waals surface area contributed by atoms with Crippen LogP contribution in [-0.2, 0) is 4.74 Å². The number of alkyl halides is 1. The average Bonchev–Trinajstić information content (AvgIpc) is 2.59. The van der Waals surface area contributed by atoms with Gasteiger partial charge in [-0.3, -0.25) is 0 Å². The highest BCUT2D eigenvalue weighted by molar-refractivity contribution is 9.09. The molecule has 0 aliphatic carbocycles. The summed E-state index contributed by atoms with van der Waals surface area (Å²) in [5.41, 5.74) is 1.65. The Morgan fingerprint density at radius 2 is 1.43 bits per heavy atom. The standard InChI is InChI=1S/C19H30BrNO2/c1-23-19(22)17-11-13-18(14-12-17)21-16-10-8-6-4-2-3-5-7-9-15-20/h11-14,21H,2-10,15-16H2,1H3. The first-order valence-electron chi connectivity index (χ1n) is 8.76. The number of carbonyl (C=O) groups excluding carboxylic acids is 1. The van der Waals surface area contributed by atoms with Crippen molar-refractivity contribution in [2.75, 3.05) is 24.3 Å². The minimum atomic E-state index is -0.288. The van der Waals surface area contributed by atoms with Gasteiger partial charge in [-0.15, -0.1) is 0 Å². The second kappa shape index (κ2) is 13.4. The molecule has 0 saturated carbocycles. The quantitative estimate of drug-likeness (QED) is 0.266. The van der Waals surface area contributed by atoms with E-state index in [4.69, 9.17) is 0 Å². The van der Waals surface area contributed by atoms with Crippen LogP contribution >= 0.6 is 15.9 Å². The van der Waals surface area contributed by atoms with E-state index in [2.05, 4.69) is 26.0 Å².